The molecule has 0 spiro atoms. The van der Waals surface area contributed by atoms with Crippen LogP contribution in [-0.4, -0.2) is 43.1 Å². The standard InChI is InChI=1S/C11H16N4O/c1-15-6-5-13-11(15)14-8-9-7-12-4-3-10(9)16-2/h3-4,7H,5-6,8H2,1-2H3,(H,13,14). The Balaban J connectivity index is 1.99. The Morgan fingerprint density at radius 2 is 2.44 bits per heavy atom. The van der Waals surface area contributed by atoms with Crippen molar-refractivity contribution in [3.05, 3.63) is 24.0 Å². The summed E-state index contributed by atoms with van der Waals surface area (Å²) in [6, 6.07) is 1.86. The number of hydrogen-bond acceptors (Lipinski definition) is 5. The lowest BCUT2D eigenvalue weighted by molar-refractivity contribution is 0.408. The first-order valence-corrected chi connectivity index (χ1v) is 5.27. The molecule has 0 amide bonds. The summed E-state index contributed by atoms with van der Waals surface area (Å²) in [6.45, 7) is 2.52. The molecule has 0 aliphatic carbocycles. The van der Waals surface area contributed by atoms with Crippen molar-refractivity contribution in [2.45, 2.75) is 6.54 Å². The number of pyridine rings is 1. The minimum atomic E-state index is 0.681. The number of aliphatic imine (C=N–C) groups is 1. The monoisotopic (exact) mass is 220 g/mol. The molecule has 0 saturated heterocycles. The minimum Gasteiger partial charge on any atom is -0.496 e. The van der Waals surface area contributed by atoms with E-state index in [4.69, 9.17) is 4.74 Å². The van der Waals surface area contributed by atoms with Crippen LogP contribution in [0, 0.1) is 0 Å². The van der Waals surface area contributed by atoms with E-state index in [0.717, 1.165) is 30.4 Å². The van der Waals surface area contributed by atoms with Gasteiger partial charge in [-0.1, -0.05) is 0 Å². The van der Waals surface area contributed by atoms with Crippen LogP contribution in [0.15, 0.2) is 23.5 Å². The summed E-state index contributed by atoms with van der Waals surface area (Å²) in [5, 5.41) is 3.28. The minimum absolute atomic E-state index is 0.681. The van der Waals surface area contributed by atoms with Gasteiger partial charge in [-0.15, -0.1) is 0 Å². The highest BCUT2D eigenvalue weighted by Gasteiger charge is 2.12. The van der Waals surface area contributed by atoms with Crippen LogP contribution in [0.4, 0.5) is 0 Å². The molecule has 0 radical (unpaired) electrons. The third kappa shape index (κ3) is 2.24. The topological polar surface area (TPSA) is 49.8 Å². The Morgan fingerprint density at radius 3 is 3.12 bits per heavy atom. The normalized spacial score (nSPS) is 14.9. The van der Waals surface area contributed by atoms with Gasteiger partial charge in [-0.05, 0) is 6.07 Å². The van der Waals surface area contributed by atoms with Crippen LogP contribution in [0.3, 0.4) is 0 Å². The van der Waals surface area contributed by atoms with Crippen LogP contribution < -0.4 is 10.1 Å². The molecule has 1 aliphatic heterocycles. The molecule has 1 aliphatic rings. The molecule has 0 saturated carbocycles. The number of guanidine groups is 1. The van der Waals surface area contributed by atoms with E-state index in [0.29, 0.717) is 6.54 Å². The molecule has 2 heterocycles. The number of hydrogen-bond donors (Lipinski definition) is 1. The van der Waals surface area contributed by atoms with Gasteiger partial charge in [0.2, 0.25) is 0 Å². The summed E-state index contributed by atoms with van der Waals surface area (Å²) in [7, 11) is 3.69. The van der Waals surface area contributed by atoms with Crippen molar-refractivity contribution in [1.29, 1.82) is 0 Å². The summed E-state index contributed by atoms with van der Waals surface area (Å²) >= 11 is 0. The molecule has 1 aromatic heterocycles. The maximum absolute atomic E-state index is 5.25. The zero-order valence-corrected chi connectivity index (χ0v) is 9.60. The fourth-order valence-corrected chi connectivity index (χ4v) is 1.64. The molecule has 1 aromatic rings. The third-order valence-electron chi connectivity index (χ3n) is 2.57. The Morgan fingerprint density at radius 1 is 1.56 bits per heavy atom. The first-order valence-electron chi connectivity index (χ1n) is 5.27. The van der Waals surface area contributed by atoms with E-state index in [-0.39, 0.29) is 0 Å². The van der Waals surface area contributed by atoms with Gasteiger partial charge < -0.3 is 15.0 Å². The molecule has 86 valence electrons. The van der Waals surface area contributed by atoms with Crippen LogP contribution in [0.25, 0.3) is 0 Å². The van der Waals surface area contributed by atoms with E-state index in [9.17, 15) is 0 Å². The second-order valence-corrected chi connectivity index (χ2v) is 3.67. The molecule has 0 fully saturated rings. The molecular formula is C11H16N4O. The zero-order chi connectivity index (χ0) is 11.4. The fraction of sp³-hybridized carbons (Fsp3) is 0.455. The van der Waals surface area contributed by atoms with Crippen LogP contribution in [0.1, 0.15) is 5.56 Å². The predicted molar refractivity (Wildman–Crippen MR) is 62.6 cm³/mol. The Hall–Kier alpha value is -1.78. The van der Waals surface area contributed by atoms with Crippen LogP contribution in [0.5, 0.6) is 5.75 Å². The molecule has 0 bridgehead atoms. The Kier molecular flexibility index (Phi) is 3.24. The second-order valence-electron chi connectivity index (χ2n) is 3.67. The van der Waals surface area contributed by atoms with Crippen LogP contribution in [0.2, 0.25) is 0 Å². The van der Waals surface area contributed by atoms with E-state index >= 15 is 0 Å². The maximum Gasteiger partial charge on any atom is 0.194 e. The molecule has 2 rings (SSSR count). The van der Waals surface area contributed by atoms with E-state index in [1.807, 2.05) is 13.1 Å². The van der Waals surface area contributed by atoms with E-state index < -0.39 is 0 Å². The van der Waals surface area contributed by atoms with Gasteiger partial charge in [0, 0.05) is 38.1 Å². The molecule has 0 unspecified atom stereocenters. The zero-order valence-electron chi connectivity index (χ0n) is 9.60. The van der Waals surface area contributed by atoms with E-state index in [1.165, 1.54) is 0 Å². The fourth-order valence-electron chi connectivity index (χ4n) is 1.64. The van der Waals surface area contributed by atoms with Crippen molar-refractivity contribution in [3.63, 3.8) is 0 Å². The van der Waals surface area contributed by atoms with Gasteiger partial charge in [0.05, 0.1) is 13.7 Å². The van der Waals surface area contributed by atoms with Gasteiger partial charge in [0.15, 0.2) is 5.96 Å². The summed E-state index contributed by atoms with van der Waals surface area (Å²) < 4.78 is 5.25. The summed E-state index contributed by atoms with van der Waals surface area (Å²) in [6.07, 6.45) is 3.53. The smallest absolute Gasteiger partial charge is 0.194 e. The predicted octanol–water partition coefficient (Wildman–Crippen LogP) is 0.481. The summed E-state index contributed by atoms with van der Waals surface area (Å²) in [4.78, 5) is 10.5. The molecule has 1 N–H and O–H groups in total. The average molecular weight is 220 g/mol. The lowest BCUT2D eigenvalue weighted by atomic mass is 10.2. The van der Waals surface area contributed by atoms with Gasteiger partial charge in [-0.2, -0.15) is 0 Å². The van der Waals surface area contributed by atoms with Crippen molar-refractivity contribution in [3.8, 4) is 5.75 Å². The molecule has 5 heteroatoms. The molecule has 16 heavy (non-hydrogen) atoms. The average Bonchev–Trinajstić information content (AvgIpc) is 2.72. The van der Waals surface area contributed by atoms with Gasteiger partial charge in [-0.25, -0.2) is 0 Å². The van der Waals surface area contributed by atoms with Gasteiger partial charge in [0.1, 0.15) is 5.75 Å². The SMILES string of the molecule is COc1ccncc1CNC1=NCCN1C. The van der Waals surface area contributed by atoms with Crippen LogP contribution >= 0.6 is 0 Å². The first kappa shape index (κ1) is 10.7. The highest BCUT2D eigenvalue weighted by atomic mass is 16.5. The van der Waals surface area contributed by atoms with Crippen molar-refractivity contribution in [2.75, 3.05) is 27.2 Å². The number of rotatable bonds is 3. The quantitative estimate of drug-likeness (QED) is 0.805. The lowest BCUT2D eigenvalue weighted by Gasteiger charge is -2.16. The Bertz CT molecular complexity index is 391. The number of nitrogens with one attached hydrogen (secondary N) is 1. The van der Waals surface area contributed by atoms with Crippen molar-refractivity contribution < 1.29 is 4.74 Å². The number of ether oxygens (including phenoxy) is 1. The van der Waals surface area contributed by atoms with Crippen molar-refractivity contribution in [1.82, 2.24) is 15.2 Å². The molecular weight excluding hydrogens is 204 g/mol. The maximum atomic E-state index is 5.25. The van der Waals surface area contributed by atoms with Crippen molar-refractivity contribution >= 4 is 5.96 Å². The molecule has 5 nitrogen and oxygen atoms in total. The highest BCUT2D eigenvalue weighted by Crippen LogP contribution is 2.15. The summed E-state index contributed by atoms with van der Waals surface area (Å²) in [5.41, 5.74) is 1.04. The number of methoxy groups -OCH3 is 1. The highest BCUT2D eigenvalue weighted by molar-refractivity contribution is 5.81. The van der Waals surface area contributed by atoms with Gasteiger partial charge in [-0.3, -0.25) is 9.98 Å². The largest absolute Gasteiger partial charge is 0.496 e. The second kappa shape index (κ2) is 4.83. The third-order valence-corrected chi connectivity index (χ3v) is 2.57. The molecule has 0 aromatic carbocycles. The van der Waals surface area contributed by atoms with Crippen molar-refractivity contribution in [2.24, 2.45) is 4.99 Å². The Labute approximate surface area is 95.2 Å². The first-order chi connectivity index (χ1) is 7.81. The van der Waals surface area contributed by atoms with Crippen LogP contribution in [-0.2, 0) is 6.54 Å². The number of aromatic nitrogens is 1. The number of nitrogens with zero attached hydrogens (tertiary/aromatic N) is 3. The number of likely N-dealkylation sites (N-methyl/N-ethyl adjacent to an activating group) is 1. The van der Waals surface area contributed by atoms with Gasteiger partial charge >= 0.3 is 0 Å². The lowest BCUT2D eigenvalue weighted by Crippen LogP contribution is -2.35. The molecule has 0 atom stereocenters. The van der Waals surface area contributed by atoms with E-state index in [2.05, 4.69) is 20.2 Å². The van der Waals surface area contributed by atoms with E-state index in [1.54, 1.807) is 19.5 Å². The van der Waals surface area contributed by atoms with Gasteiger partial charge in [0.25, 0.3) is 0 Å². The summed E-state index contributed by atoms with van der Waals surface area (Å²) in [5.74, 6) is 1.79.